The molecule has 4 heteroatoms. The van der Waals surface area contributed by atoms with E-state index in [2.05, 4.69) is 21.4 Å². The minimum atomic E-state index is 0.536. The number of nitrogens with two attached hydrogens (primary N) is 1. The molecule has 96 valence electrons. The topological polar surface area (TPSA) is 66.7 Å². The van der Waals surface area contributed by atoms with Crippen LogP contribution in [-0.4, -0.2) is 22.6 Å². The number of hydrogen-bond donors (Lipinski definition) is 3. The minimum absolute atomic E-state index is 0.536. The number of nitrogens with one attached hydrogen (secondary N) is 2. The molecule has 1 aromatic heterocycles. The molecule has 0 aliphatic heterocycles. The van der Waals surface area contributed by atoms with Gasteiger partial charge in [-0.2, -0.15) is 0 Å². The molecule has 0 amide bonds. The summed E-state index contributed by atoms with van der Waals surface area (Å²) >= 11 is 0. The smallest absolute Gasteiger partial charge is 0.201 e. The van der Waals surface area contributed by atoms with Crippen LogP contribution in [0.25, 0.3) is 11.0 Å². The van der Waals surface area contributed by atoms with Gasteiger partial charge in [-0.15, -0.1) is 0 Å². The normalized spacial score (nSPS) is 24.3. The van der Waals surface area contributed by atoms with Gasteiger partial charge in [0.2, 0.25) is 5.95 Å². The zero-order chi connectivity index (χ0) is 12.4. The molecule has 1 aromatic carbocycles. The third-order valence-electron chi connectivity index (χ3n) is 3.91. The summed E-state index contributed by atoms with van der Waals surface area (Å²) in [5.41, 5.74) is 7.83. The maximum absolute atomic E-state index is 5.71. The number of H-pyrrole nitrogens is 1. The van der Waals surface area contributed by atoms with Crippen molar-refractivity contribution in [2.45, 2.75) is 31.7 Å². The fraction of sp³-hybridized carbons (Fsp3) is 0.500. The molecule has 0 spiro atoms. The lowest BCUT2D eigenvalue weighted by molar-refractivity contribution is 0.344. The molecule has 1 fully saturated rings. The number of rotatable bonds is 3. The third kappa shape index (κ3) is 2.34. The lowest BCUT2D eigenvalue weighted by Crippen LogP contribution is -2.29. The quantitative estimate of drug-likeness (QED) is 0.777. The van der Waals surface area contributed by atoms with Gasteiger partial charge in [0.25, 0.3) is 0 Å². The first-order chi connectivity index (χ1) is 8.85. The van der Waals surface area contributed by atoms with Gasteiger partial charge >= 0.3 is 0 Å². The molecule has 4 nitrogen and oxygen atoms in total. The maximum Gasteiger partial charge on any atom is 0.201 e. The van der Waals surface area contributed by atoms with Crippen LogP contribution < -0.4 is 11.1 Å². The molecular weight excluding hydrogens is 224 g/mol. The van der Waals surface area contributed by atoms with E-state index < -0.39 is 0 Å². The van der Waals surface area contributed by atoms with E-state index in [1.54, 1.807) is 0 Å². The van der Waals surface area contributed by atoms with Crippen molar-refractivity contribution >= 4 is 17.0 Å². The largest absolute Gasteiger partial charge is 0.353 e. The van der Waals surface area contributed by atoms with Crippen molar-refractivity contribution < 1.29 is 0 Å². The number of anilines is 1. The Kier molecular flexibility index (Phi) is 3.19. The van der Waals surface area contributed by atoms with E-state index in [1.165, 1.54) is 25.7 Å². The Balaban J connectivity index is 1.66. The van der Waals surface area contributed by atoms with Crippen LogP contribution in [0.1, 0.15) is 25.7 Å². The summed E-state index contributed by atoms with van der Waals surface area (Å²) in [4.78, 5) is 7.88. The van der Waals surface area contributed by atoms with Crippen LogP contribution in [0.4, 0.5) is 5.95 Å². The molecule has 1 saturated carbocycles. The molecule has 18 heavy (non-hydrogen) atoms. The summed E-state index contributed by atoms with van der Waals surface area (Å²) in [6, 6.07) is 8.66. The van der Waals surface area contributed by atoms with Gasteiger partial charge in [-0.3, -0.25) is 0 Å². The van der Waals surface area contributed by atoms with Crippen molar-refractivity contribution in [2.75, 3.05) is 11.9 Å². The van der Waals surface area contributed by atoms with E-state index in [9.17, 15) is 0 Å². The first-order valence-corrected chi connectivity index (χ1v) is 6.76. The monoisotopic (exact) mass is 244 g/mol. The molecule has 2 aromatic rings. The van der Waals surface area contributed by atoms with Crippen LogP contribution >= 0.6 is 0 Å². The Morgan fingerprint density at radius 3 is 2.72 bits per heavy atom. The van der Waals surface area contributed by atoms with Crippen molar-refractivity contribution in [3.05, 3.63) is 24.3 Å². The third-order valence-corrected chi connectivity index (χ3v) is 3.91. The van der Waals surface area contributed by atoms with Crippen LogP contribution in [-0.2, 0) is 0 Å². The summed E-state index contributed by atoms with van der Waals surface area (Å²) < 4.78 is 0. The number of aromatic nitrogens is 2. The molecule has 4 N–H and O–H groups in total. The predicted octanol–water partition coefficient (Wildman–Crippen LogP) is 2.49. The van der Waals surface area contributed by atoms with Gasteiger partial charge in [0.05, 0.1) is 11.0 Å². The molecule has 0 saturated heterocycles. The van der Waals surface area contributed by atoms with Gasteiger partial charge in [0, 0.05) is 6.04 Å². The number of benzene rings is 1. The first-order valence-electron chi connectivity index (χ1n) is 6.76. The summed E-state index contributed by atoms with van der Waals surface area (Å²) in [5.74, 6) is 1.62. The summed E-state index contributed by atoms with van der Waals surface area (Å²) in [6.45, 7) is 0.831. The molecule has 0 bridgehead atoms. The highest BCUT2D eigenvalue weighted by Gasteiger charge is 2.20. The highest BCUT2D eigenvalue weighted by atomic mass is 15.1. The highest BCUT2D eigenvalue weighted by molar-refractivity contribution is 5.77. The van der Waals surface area contributed by atoms with E-state index in [4.69, 9.17) is 5.73 Å². The van der Waals surface area contributed by atoms with Crippen LogP contribution in [0.5, 0.6) is 0 Å². The number of fused-ring (bicyclic) bond motifs is 1. The Bertz CT molecular complexity index is 478. The molecule has 1 heterocycles. The molecule has 1 aliphatic carbocycles. The molecule has 3 rings (SSSR count). The molecule has 1 aliphatic rings. The van der Waals surface area contributed by atoms with Crippen molar-refractivity contribution in [1.29, 1.82) is 0 Å². The van der Waals surface area contributed by atoms with Gasteiger partial charge in [-0.25, -0.2) is 4.98 Å². The lowest BCUT2D eigenvalue weighted by atomic mass is 9.86. The number of imidazole rings is 1. The number of hydrogen-bond acceptors (Lipinski definition) is 3. The van der Waals surface area contributed by atoms with E-state index in [1.807, 2.05) is 18.2 Å². The van der Waals surface area contributed by atoms with Crippen molar-refractivity contribution in [3.8, 4) is 0 Å². The van der Waals surface area contributed by atoms with Gasteiger partial charge in [0.1, 0.15) is 0 Å². The van der Waals surface area contributed by atoms with E-state index in [0.717, 1.165) is 29.4 Å². The molecule has 0 radical (unpaired) electrons. The number of nitrogens with zero attached hydrogens (tertiary/aromatic N) is 1. The maximum atomic E-state index is 5.71. The van der Waals surface area contributed by atoms with Gasteiger partial charge in [-0.1, -0.05) is 12.1 Å². The van der Waals surface area contributed by atoms with E-state index in [0.29, 0.717) is 6.04 Å². The zero-order valence-corrected chi connectivity index (χ0v) is 10.5. The average molecular weight is 244 g/mol. The Hall–Kier alpha value is -1.55. The second-order valence-electron chi connectivity index (χ2n) is 5.20. The fourth-order valence-corrected chi connectivity index (χ4v) is 2.76. The Labute approximate surface area is 107 Å². The second kappa shape index (κ2) is 4.98. The van der Waals surface area contributed by atoms with Crippen molar-refractivity contribution in [1.82, 2.24) is 9.97 Å². The van der Waals surface area contributed by atoms with Gasteiger partial charge in [-0.05, 0) is 50.3 Å². The SMILES string of the molecule is NCC1CCC(Nc2nc3ccccc3[nH]2)CC1. The van der Waals surface area contributed by atoms with Crippen LogP contribution in [0.2, 0.25) is 0 Å². The summed E-state index contributed by atoms with van der Waals surface area (Å²) in [6.07, 6.45) is 4.85. The lowest BCUT2D eigenvalue weighted by Gasteiger charge is -2.28. The van der Waals surface area contributed by atoms with Gasteiger partial charge < -0.3 is 16.0 Å². The minimum Gasteiger partial charge on any atom is -0.353 e. The second-order valence-corrected chi connectivity index (χ2v) is 5.20. The summed E-state index contributed by atoms with van der Waals surface area (Å²) in [5, 5.41) is 3.51. The number of aromatic amines is 1. The van der Waals surface area contributed by atoms with Crippen LogP contribution in [0.3, 0.4) is 0 Å². The molecular formula is C14H20N4. The zero-order valence-electron chi connectivity index (χ0n) is 10.5. The summed E-state index contributed by atoms with van der Waals surface area (Å²) in [7, 11) is 0. The van der Waals surface area contributed by atoms with Crippen molar-refractivity contribution in [3.63, 3.8) is 0 Å². The number of para-hydroxylation sites is 2. The highest BCUT2D eigenvalue weighted by Crippen LogP contribution is 2.25. The fourth-order valence-electron chi connectivity index (χ4n) is 2.76. The first kappa shape index (κ1) is 11.5. The van der Waals surface area contributed by atoms with Crippen LogP contribution in [0, 0.1) is 5.92 Å². The van der Waals surface area contributed by atoms with E-state index in [-0.39, 0.29) is 0 Å². The van der Waals surface area contributed by atoms with Gasteiger partial charge in [0.15, 0.2) is 0 Å². The Morgan fingerprint density at radius 2 is 2.00 bits per heavy atom. The van der Waals surface area contributed by atoms with Crippen molar-refractivity contribution in [2.24, 2.45) is 11.7 Å². The predicted molar refractivity (Wildman–Crippen MR) is 74.5 cm³/mol. The Morgan fingerprint density at radius 1 is 1.22 bits per heavy atom. The molecule has 0 unspecified atom stereocenters. The van der Waals surface area contributed by atoms with E-state index >= 15 is 0 Å². The average Bonchev–Trinajstić information content (AvgIpc) is 2.82. The standard InChI is InChI=1S/C14H20N4/c15-9-10-5-7-11(8-6-10)16-14-17-12-3-1-2-4-13(12)18-14/h1-4,10-11H,5-9,15H2,(H2,16,17,18). The van der Waals surface area contributed by atoms with Crippen LogP contribution in [0.15, 0.2) is 24.3 Å². The molecule has 0 atom stereocenters.